The Kier molecular flexibility index (Phi) is 3.91. The standard InChI is InChI=1S/C10H13N3O2/c1-7(14)5-10(15)12-6-9-3-4-11-8(2)13-9/h3-4H,5-6H2,1-2H3,(H,12,15). The molecule has 0 aliphatic heterocycles. The smallest absolute Gasteiger partial charge is 0.227 e. The zero-order valence-corrected chi connectivity index (χ0v) is 8.78. The van der Waals surface area contributed by atoms with Crippen LogP contribution in [0.25, 0.3) is 0 Å². The maximum atomic E-state index is 11.1. The number of amides is 1. The molecule has 0 saturated heterocycles. The average Bonchev–Trinajstić information content (AvgIpc) is 2.14. The zero-order chi connectivity index (χ0) is 11.3. The number of ketones is 1. The van der Waals surface area contributed by atoms with Gasteiger partial charge in [0.05, 0.1) is 18.7 Å². The van der Waals surface area contributed by atoms with Crippen LogP contribution in [0, 0.1) is 6.92 Å². The summed E-state index contributed by atoms with van der Waals surface area (Å²) in [7, 11) is 0. The fourth-order valence-corrected chi connectivity index (χ4v) is 1.08. The van der Waals surface area contributed by atoms with Gasteiger partial charge in [-0.1, -0.05) is 0 Å². The maximum absolute atomic E-state index is 11.1. The molecular formula is C10H13N3O2. The Bertz CT molecular complexity index is 377. The molecule has 0 radical (unpaired) electrons. The molecule has 0 atom stereocenters. The third-order valence-electron chi connectivity index (χ3n) is 1.71. The van der Waals surface area contributed by atoms with Crippen molar-refractivity contribution in [3.05, 3.63) is 23.8 Å². The highest BCUT2D eigenvalue weighted by atomic mass is 16.2. The summed E-state index contributed by atoms with van der Waals surface area (Å²) >= 11 is 0. The fraction of sp³-hybridized carbons (Fsp3) is 0.400. The minimum absolute atomic E-state index is 0.0793. The van der Waals surface area contributed by atoms with E-state index in [-0.39, 0.29) is 18.1 Å². The number of nitrogens with zero attached hydrogens (tertiary/aromatic N) is 2. The van der Waals surface area contributed by atoms with Gasteiger partial charge in [-0.05, 0) is 19.9 Å². The molecule has 15 heavy (non-hydrogen) atoms. The molecule has 0 aliphatic carbocycles. The molecule has 1 aromatic rings. The van der Waals surface area contributed by atoms with Gasteiger partial charge in [0.1, 0.15) is 11.6 Å². The molecule has 0 spiro atoms. The molecule has 1 amide bonds. The van der Waals surface area contributed by atoms with E-state index in [1.165, 1.54) is 6.92 Å². The lowest BCUT2D eigenvalue weighted by molar-refractivity contribution is -0.127. The first-order valence-electron chi connectivity index (χ1n) is 4.62. The number of nitrogens with one attached hydrogen (secondary N) is 1. The molecule has 5 nitrogen and oxygen atoms in total. The van der Waals surface area contributed by atoms with Gasteiger partial charge in [0, 0.05) is 6.20 Å². The molecule has 0 aromatic carbocycles. The summed E-state index contributed by atoms with van der Waals surface area (Å²) in [5, 5.41) is 2.61. The van der Waals surface area contributed by atoms with E-state index in [4.69, 9.17) is 0 Å². The number of hydrogen-bond donors (Lipinski definition) is 1. The van der Waals surface area contributed by atoms with Crippen LogP contribution in [0.15, 0.2) is 12.3 Å². The summed E-state index contributed by atoms with van der Waals surface area (Å²) in [5.41, 5.74) is 0.736. The molecule has 0 fully saturated rings. The monoisotopic (exact) mass is 207 g/mol. The van der Waals surface area contributed by atoms with E-state index in [0.717, 1.165) is 5.69 Å². The first-order valence-corrected chi connectivity index (χ1v) is 4.62. The summed E-state index contributed by atoms with van der Waals surface area (Å²) in [4.78, 5) is 29.8. The minimum Gasteiger partial charge on any atom is -0.350 e. The Morgan fingerprint density at radius 3 is 2.80 bits per heavy atom. The molecule has 5 heteroatoms. The first-order chi connectivity index (χ1) is 7.08. The van der Waals surface area contributed by atoms with Crippen LogP contribution in [0.1, 0.15) is 24.9 Å². The van der Waals surface area contributed by atoms with Crippen LogP contribution in [0.3, 0.4) is 0 Å². The highest BCUT2D eigenvalue weighted by Crippen LogP contribution is 1.94. The van der Waals surface area contributed by atoms with Crippen molar-refractivity contribution in [2.45, 2.75) is 26.8 Å². The topological polar surface area (TPSA) is 72.0 Å². The van der Waals surface area contributed by atoms with Gasteiger partial charge in [0.2, 0.25) is 5.91 Å². The molecule has 1 heterocycles. The molecule has 0 saturated carbocycles. The Hall–Kier alpha value is -1.78. The largest absolute Gasteiger partial charge is 0.350 e. The van der Waals surface area contributed by atoms with Crippen LogP contribution in [0.2, 0.25) is 0 Å². The Labute approximate surface area is 87.9 Å². The van der Waals surface area contributed by atoms with Crippen LogP contribution in [-0.4, -0.2) is 21.7 Å². The van der Waals surface area contributed by atoms with Crippen molar-refractivity contribution in [1.29, 1.82) is 0 Å². The predicted molar refractivity (Wildman–Crippen MR) is 53.9 cm³/mol. The van der Waals surface area contributed by atoms with Crippen molar-refractivity contribution >= 4 is 11.7 Å². The van der Waals surface area contributed by atoms with Gasteiger partial charge in [0.25, 0.3) is 0 Å². The van der Waals surface area contributed by atoms with Gasteiger partial charge in [-0.3, -0.25) is 9.59 Å². The number of carbonyl (C=O) groups is 2. The molecule has 1 N–H and O–H groups in total. The SMILES string of the molecule is CC(=O)CC(=O)NCc1ccnc(C)n1. The van der Waals surface area contributed by atoms with Crippen molar-refractivity contribution in [3.63, 3.8) is 0 Å². The first kappa shape index (κ1) is 11.3. The molecular weight excluding hydrogens is 194 g/mol. The van der Waals surface area contributed by atoms with Crippen LogP contribution in [0.4, 0.5) is 0 Å². The van der Waals surface area contributed by atoms with E-state index in [2.05, 4.69) is 15.3 Å². The van der Waals surface area contributed by atoms with Crippen LogP contribution in [-0.2, 0) is 16.1 Å². The minimum atomic E-state index is -0.279. The molecule has 1 rings (SSSR count). The van der Waals surface area contributed by atoms with Gasteiger partial charge in [-0.15, -0.1) is 0 Å². The van der Waals surface area contributed by atoms with E-state index in [1.54, 1.807) is 19.2 Å². The molecule has 0 aliphatic rings. The van der Waals surface area contributed by atoms with Crippen LogP contribution < -0.4 is 5.32 Å². The van der Waals surface area contributed by atoms with E-state index >= 15 is 0 Å². The molecule has 1 aromatic heterocycles. The van der Waals surface area contributed by atoms with Gasteiger partial charge in [-0.2, -0.15) is 0 Å². The van der Waals surface area contributed by atoms with Crippen molar-refractivity contribution in [2.24, 2.45) is 0 Å². The predicted octanol–water partition coefficient (Wildman–Crippen LogP) is 0.380. The van der Waals surface area contributed by atoms with Crippen molar-refractivity contribution in [1.82, 2.24) is 15.3 Å². The van der Waals surface area contributed by atoms with Crippen molar-refractivity contribution in [3.8, 4) is 0 Å². The van der Waals surface area contributed by atoms with E-state index in [0.29, 0.717) is 12.4 Å². The lowest BCUT2D eigenvalue weighted by atomic mass is 10.3. The summed E-state index contributed by atoms with van der Waals surface area (Å²) in [5.74, 6) is 0.235. The summed E-state index contributed by atoms with van der Waals surface area (Å²) in [6, 6.07) is 1.72. The van der Waals surface area contributed by atoms with Crippen molar-refractivity contribution in [2.75, 3.05) is 0 Å². The van der Waals surface area contributed by atoms with E-state index in [9.17, 15) is 9.59 Å². The molecule has 0 bridgehead atoms. The zero-order valence-electron chi connectivity index (χ0n) is 8.78. The Balaban J connectivity index is 2.43. The third-order valence-corrected chi connectivity index (χ3v) is 1.71. The highest BCUT2D eigenvalue weighted by molar-refractivity contribution is 5.96. The van der Waals surface area contributed by atoms with Gasteiger partial charge >= 0.3 is 0 Å². The summed E-state index contributed by atoms with van der Waals surface area (Å²) in [6.45, 7) is 3.49. The van der Waals surface area contributed by atoms with Gasteiger partial charge in [0.15, 0.2) is 0 Å². The van der Waals surface area contributed by atoms with Gasteiger partial charge < -0.3 is 5.32 Å². The fourth-order valence-electron chi connectivity index (χ4n) is 1.08. The quantitative estimate of drug-likeness (QED) is 0.724. The van der Waals surface area contributed by atoms with Crippen LogP contribution in [0.5, 0.6) is 0 Å². The Morgan fingerprint density at radius 2 is 2.20 bits per heavy atom. The number of rotatable bonds is 4. The number of aryl methyl sites for hydroxylation is 1. The number of carbonyl (C=O) groups excluding carboxylic acids is 2. The summed E-state index contributed by atoms with van der Waals surface area (Å²) in [6.07, 6.45) is 1.55. The highest BCUT2D eigenvalue weighted by Gasteiger charge is 2.04. The summed E-state index contributed by atoms with van der Waals surface area (Å²) < 4.78 is 0. The second kappa shape index (κ2) is 5.19. The number of aromatic nitrogens is 2. The average molecular weight is 207 g/mol. The molecule has 80 valence electrons. The third kappa shape index (κ3) is 4.30. The van der Waals surface area contributed by atoms with E-state index < -0.39 is 0 Å². The van der Waals surface area contributed by atoms with Crippen LogP contribution >= 0.6 is 0 Å². The second-order valence-corrected chi connectivity index (χ2v) is 3.25. The lowest BCUT2D eigenvalue weighted by Crippen LogP contribution is -2.25. The number of hydrogen-bond acceptors (Lipinski definition) is 4. The van der Waals surface area contributed by atoms with E-state index in [1.807, 2.05) is 0 Å². The Morgan fingerprint density at radius 1 is 1.47 bits per heavy atom. The van der Waals surface area contributed by atoms with Gasteiger partial charge in [-0.25, -0.2) is 9.97 Å². The molecule has 0 unspecified atom stereocenters. The normalized spacial score (nSPS) is 9.73. The lowest BCUT2D eigenvalue weighted by Gasteiger charge is -2.03. The van der Waals surface area contributed by atoms with Crippen molar-refractivity contribution < 1.29 is 9.59 Å². The maximum Gasteiger partial charge on any atom is 0.227 e. The number of Topliss-reactive ketones (excluding diaryl/α,β-unsaturated/α-hetero) is 1. The second-order valence-electron chi connectivity index (χ2n) is 3.25.